The molecule has 2 rings (SSSR count). The Labute approximate surface area is 129 Å². The molecule has 118 valence electrons. The summed E-state index contributed by atoms with van der Waals surface area (Å²) in [6, 6.07) is 8.89. The summed E-state index contributed by atoms with van der Waals surface area (Å²) in [5, 5.41) is 0. The lowest BCUT2D eigenvalue weighted by molar-refractivity contribution is -0.0531. The zero-order valence-electron chi connectivity index (χ0n) is 13.9. The zero-order chi connectivity index (χ0) is 15.5. The summed E-state index contributed by atoms with van der Waals surface area (Å²) in [6.45, 7) is 12.4. The van der Waals surface area contributed by atoms with Crippen molar-refractivity contribution >= 4 is 0 Å². The first-order chi connectivity index (χ1) is 9.88. The summed E-state index contributed by atoms with van der Waals surface area (Å²) in [6.07, 6.45) is 1.13. The highest BCUT2D eigenvalue weighted by atomic mass is 16.5. The van der Waals surface area contributed by atoms with Gasteiger partial charge < -0.3 is 10.5 Å². The first kappa shape index (κ1) is 16.5. The lowest BCUT2D eigenvalue weighted by Gasteiger charge is -2.43. The fraction of sp³-hybridized carbons (Fsp3) is 0.667. The van der Waals surface area contributed by atoms with Crippen LogP contribution in [-0.4, -0.2) is 36.7 Å². The normalized spacial score (nSPS) is 20.7. The van der Waals surface area contributed by atoms with Crippen molar-refractivity contribution in [3.8, 4) is 0 Å². The van der Waals surface area contributed by atoms with Gasteiger partial charge in [-0.05, 0) is 37.3 Å². The smallest absolute Gasteiger partial charge is 0.0645 e. The van der Waals surface area contributed by atoms with Gasteiger partial charge in [0.25, 0.3) is 0 Å². The van der Waals surface area contributed by atoms with E-state index in [1.165, 1.54) is 11.1 Å². The molecule has 0 saturated carbocycles. The monoisotopic (exact) mass is 290 g/mol. The second kappa shape index (κ2) is 6.91. The molecule has 0 spiro atoms. The van der Waals surface area contributed by atoms with Crippen LogP contribution >= 0.6 is 0 Å². The SMILES string of the molecule is CC(C)Cc1ccc(C(N)CN2CCOCC2(C)C)cc1. The first-order valence-electron chi connectivity index (χ1n) is 8.06. The molecule has 1 aliphatic rings. The van der Waals surface area contributed by atoms with Gasteiger partial charge >= 0.3 is 0 Å². The number of hydrogen-bond donors (Lipinski definition) is 1. The van der Waals surface area contributed by atoms with Crippen LogP contribution in [0.2, 0.25) is 0 Å². The van der Waals surface area contributed by atoms with E-state index in [2.05, 4.69) is 56.9 Å². The molecule has 1 unspecified atom stereocenters. The van der Waals surface area contributed by atoms with E-state index in [0.717, 1.165) is 32.7 Å². The predicted octanol–water partition coefficient (Wildman–Crippen LogP) is 3.00. The Balaban J connectivity index is 1.98. The van der Waals surface area contributed by atoms with Gasteiger partial charge in [0.05, 0.1) is 13.2 Å². The quantitative estimate of drug-likeness (QED) is 0.906. The van der Waals surface area contributed by atoms with Gasteiger partial charge in [-0.2, -0.15) is 0 Å². The fourth-order valence-corrected chi connectivity index (χ4v) is 2.94. The molecule has 0 aliphatic carbocycles. The molecule has 0 radical (unpaired) electrons. The second-order valence-corrected chi connectivity index (χ2v) is 7.26. The van der Waals surface area contributed by atoms with Crippen molar-refractivity contribution < 1.29 is 4.74 Å². The molecule has 2 N–H and O–H groups in total. The van der Waals surface area contributed by atoms with E-state index in [0.29, 0.717) is 5.92 Å². The Hall–Kier alpha value is -0.900. The van der Waals surface area contributed by atoms with E-state index in [4.69, 9.17) is 10.5 Å². The van der Waals surface area contributed by atoms with Gasteiger partial charge in [0.15, 0.2) is 0 Å². The fourth-order valence-electron chi connectivity index (χ4n) is 2.94. The van der Waals surface area contributed by atoms with Crippen molar-refractivity contribution in [3.63, 3.8) is 0 Å². The topological polar surface area (TPSA) is 38.5 Å². The minimum absolute atomic E-state index is 0.0653. The van der Waals surface area contributed by atoms with E-state index in [9.17, 15) is 0 Å². The Morgan fingerprint density at radius 3 is 2.48 bits per heavy atom. The second-order valence-electron chi connectivity index (χ2n) is 7.26. The van der Waals surface area contributed by atoms with Crippen LogP contribution in [0.1, 0.15) is 44.9 Å². The minimum atomic E-state index is 0.0653. The lowest BCUT2D eigenvalue weighted by Crippen LogP contribution is -2.54. The van der Waals surface area contributed by atoms with Crippen LogP contribution in [-0.2, 0) is 11.2 Å². The summed E-state index contributed by atoms with van der Waals surface area (Å²) in [5.41, 5.74) is 9.12. The molecule has 1 heterocycles. The van der Waals surface area contributed by atoms with E-state index in [1.807, 2.05) is 0 Å². The zero-order valence-corrected chi connectivity index (χ0v) is 13.9. The Bertz CT molecular complexity index is 439. The van der Waals surface area contributed by atoms with Gasteiger partial charge in [-0.1, -0.05) is 38.1 Å². The Morgan fingerprint density at radius 2 is 1.90 bits per heavy atom. The molecule has 1 fully saturated rings. The molecular weight excluding hydrogens is 260 g/mol. The molecule has 21 heavy (non-hydrogen) atoms. The van der Waals surface area contributed by atoms with Crippen LogP contribution in [0.15, 0.2) is 24.3 Å². The van der Waals surface area contributed by atoms with Crippen molar-refractivity contribution in [2.75, 3.05) is 26.3 Å². The van der Waals surface area contributed by atoms with E-state index in [1.54, 1.807) is 0 Å². The van der Waals surface area contributed by atoms with Gasteiger partial charge in [0.2, 0.25) is 0 Å². The molecule has 3 nitrogen and oxygen atoms in total. The molecule has 3 heteroatoms. The number of ether oxygens (including phenoxy) is 1. The van der Waals surface area contributed by atoms with Gasteiger partial charge in [0.1, 0.15) is 0 Å². The standard InChI is InChI=1S/C18H30N2O/c1-14(2)11-15-5-7-16(8-6-15)17(19)12-20-9-10-21-13-18(20,3)4/h5-8,14,17H,9-13,19H2,1-4H3. The molecule has 0 aromatic heterocycles. The van der Waals surface area contributed by atoms with Crippen molar-refractivity contribution in [2.24, 2.45) is 11.7 Å². The highest BCUT2D eigenvalue weighted by molar-refractivity contribution is 5.25. The molecule has 0 bridgehead atoms. The third kappa shape index (κ3) is 4.53. The first-order valence-corrected chi connectivity index (χ1v) is 8.06. The van der Waals surface area contributed by atoms with Crippen molar-refractivity contribution in [3.05, 3.63) is 35.4 Å². The van der Waals surface area contributed by atoms with Gasteiger partial charge in [0, 0.05) is 24.7 Å². The third-order valence-electron chi connectivity index (χ3n) is 4.29. The van der Waals surface area contributed by atoms with Gasteiger partial charge in [-0.3, -0.25) is 4.90 Å². The van der Waals surface area contributed by atoms with E-state index in [-0.39, 0.29) is 11.6 Å². The van der Waals surface area contributed by atoms with Crippen LogP contribution in [0.4, 0.5) is 0 Å². The number of morpholine rings is 1. The Morgan fingerprint density at radius 1 is 1.24 bits per heavy atom. The van der Waals surface area contributed by atoms with Crippen LogP contribution in [0.25, 0.3) is 0 Å². The molecule has 1 aromatic carbocycles. The predicted molar refractivity (Wildman–Crippen MR) is 88.4 cm³/mol. The minimum Gasteiger partial charge on any atom is -0.378 e. The summed E-state index contributed by atoms with van der Waals surface area (Å²) in [5.74, 6) is 0.693. The average molecular weight is 290 g/mol. The largest absolute Gasteiger partial charge is 0.378 e. The molecule has 0 amide bonds. The van der Waals surface area contributed by atoms with Crippen molar-refractivity contribution in [2.45, 2.75) is 45.7 Å². The highest BCUT2D eigenvalue weighted by Gasteiger charge is 2.31. The number of hydrogen-bond acceptors (Lipinski definition) is 3. The Kier molecular flexibility index (Phi) is 5.42. The highest BCUT2D eigenvalue weighted by Crippen LogP contribution is 2.22. The summed E-state index contributed by atoms with van der Waals surface area (Å²) in [7, 11) is 0. The van der Waals surface area contributed by atoms with Crippen molar-refractivity contribution in [1.29, 1.82) is 0 Å². The van der Waals surface area contributed by atoms with Crippen LogP contribution in [0.3, 0.4) is 0 Å². The molecule has 1 aromatic rings. The number of rotatable bonds is 5. The maximum absolute atomic E-state index is 6.42. The van der Waals surface area contributed by atoms with Crippen molar-refractivity contribution in [1.82, 2.24) is 4.90 Å². The third-order valence-corrected chi connectivity index (χ3v) is 4.29. The number of nitrogens with zero attached hydrogens (tertiary/aromatic N) is 1. The molecule has 1 saturated heterocycles. The van der Waals surface area contributed by atoms with E-state index >= 15 is 0 Å². The summed E-state index contributed by atoms with van der Waals surface area (Å²) < 4.78 is 5.57. The van der Waals surface area contributed by atoms with Gasteiger partial charge in [-0.25, -0.2) is 0 Å². The van der Waals surface area contributed by atoms with Gasteiger partial charge in [-0.15, -0.1) is 0 Å². The maximum atomic E-state index is 6.42. The van der Waals surface area contributed by atoms with Crippen LogP contribution in [0.5, 0.6) is 0 Å². The molecule has 1 atom stereocenters. The molecular formula is C18H30N2O. The van der Waals surface area contributed by atoms with Crippen LogP contribution < -0.4 is 5.73 Å². The van der Waals surface area contributed by atoms with Crippen LogP contribution in [0, 0.1) is 5.92 Å². The number of benzene rings is 1. The lowest BCUT2D eigenvalue weighted by atomic mass is 9.97. The number of nitrogens with two attached hydrogens (primary N) is 1. The van der Waals surface area contributed by atoms with E-state index < -0.39 is 0 Å². The molecule has 1 aliphatic heterocycles. The summed E-state index contributed by atoms with van der Waals surface area (Å²) >= 11 is 0. The average Bonchev–Trinajstić information content (AvgIpc) is 2.41. The summed E-state index contributed by atoms with van der Waals surface area (Å²) in [4.78, 5) is 2.45. The maximum Gasteiger partial charge on any atom is 0.0645 e.